The first-order valence-corrected chi connectivity index (χ1v) is 15.3. The molecule has 1 fully saturated rings. The van der Waals surface area contributed by atoms with Crippen LogP contribution in [0.4, 0.5) is 11.4 Å². The molecule has 0 radical (unpaired) electrons. The minimum absolute atomic E-state index is 0.0420. The Bertz CT molecular complexity index is 1230. The lowest BCUT2D eigenvalue weighted by Crippen LogP contribution is -2.52. The maximum absolute atomic E-state index is 13.5. The zero-order valence-corrected chi connectivity index (χ0v) is 27.5. The summed E-state index contributed by atoms with van der Waals surface area (Å²) in [6, 6.07) is 12.7. The minimum atomic E-state index is -1.32. The van der Waals surface area contributed by atoms with Crippen molar-refractivity contribution in [3.05, 3.63) is 58.7 Å². The molecule has 42 heavy (non-hydrogen) atoms. The third kappa shape index (κ3) is 8.59. The van der Waals surface area contributed by atoms with Crippen LogP contribution in [0.2, 0.25) is 0 Å². The number of ether oxygens (including phenoxy) is 2. The summed E-state index contributed by atoms with van der Waals surface area (Å²) in [6.45, 7) is 17.1. The van der Waals surface area contributed by atoms with E-state index in [-0.39, 0.29) is 5.41 Å². The molecule has 1 heterocycles. The van der Waals surface area contributed by atoms with E-state index in [4.69, 9.17) is 14.5 Å². The summed E-state index contributed by atoms with van der Waals surface area (Å²) in [4.78, 5) is 36.2. The van der Waals surface area contributed by atoms with E-state index >= 15 is 0 Å². The second-order valence-corrected chi connectivity index (χ2v) is 13.3. The van der Waals surface area contributed by atoms with E-state index in [0.29, 0.717) is 18.9 Å². The normalized spacial score (nSPS) is 15.8. The molecule has 7 heteroatoms. The molecule has 0 amide bonds. The van der Waals surface area contributed by atoms with Crippen molar-refractivity contribution in [3.63, 3.8) is 0 Å². The highest BCUT2D eigenvalue weighted by molar-refractivity contribution is 6.17. The lowest BCUT2D eigenvalue weighted by atomic mass is 9.86. The highest BCUT2D eigenvalue weighted by Crippen LogP contribution is 2.33. The molecule has 0 bridgehead atoms. The van der Waals surface area contributed by atoms with Crippen molar-refractivity contribution in [1.29, 1.82) is 0 Å². The van der Waals surface area contributed by atoms with Gasteiger partial charge >= 0.3 is 11.9 Å². The number of hydrogen-bond acceptors (Lipinski definition) is 6. The topological polar surface area (TPSA) is 71.4 Å². The smallest absolute Gasteiger partial charge is 0.331 e. The fourth-order valence-corrected chi connectivity index (χ4v) is 5.24. The highest BCUT2D eigenvalue weighted by atomic mass is 16.7. The Hall–Kier alpha value is -3.35. The number of aryl methyl sites for hydroxylation is 2. The number of amidine groups is 1. The van der Waals surface area contributed by atoms with E-state index in [1.807, 2.05) is 27.9 Å². The van der Waals surface area contributed by atoms with Gasteiger partial charge in [0.05, 0.1) is 5.69 Å². The van der Waals surface area contributed by atoms with Crippen molar-refractivity contribution >= 4 is 29.1 Å². The number of carbonyl (C=O) groups is 2. The van der Waals surface area contributed by atoms with Crippen LogP contribution in [0.25, 0.3) is 0 Å². The Balaban J connectivity index is 2.13. The van der Waals surface area contributed by atoms with Crippen LogP contribution < -0.4 is 4.90 Å². The molecule has 0 N–H and O–H groups in total. The van der Waals surface area contributed by atoms with Gasteiger partial charge in [-0.25, -0.2) is 4.99 Å². The van der Waals surface area contributed by atoms with Crippen molar-refractivity contribution in [2.45, 2.75) is 105 Å². The Morgan fingerprint density at radius 1 is 0.905 bits per heavy atom. The molecule has 3 rings (SSSR count). The number of aliphatic imine (C=N–C) groups is 1. The second-order valence-electron chi connectivity index (χ2n) is 13.3. The van der Waals surface area contributed by atoms with Gasteiger partial charge in [-0.1, -0.05) is 77.6 Å². The number of rotatable bonds is 11. The van der Waals surface area contributed by atoms with Crippen LogP contribution in [0.5, 0.6) is 0 Å². The molecule has 2 aromatic carbocycles. The molecule has 1 aliphatic rings. The summed E-state index contributed by atoms with van der Waals surface area (Å²) in [5, 5.41) is 0. The van der Waals surface area contributed by atoms with E-state index < -0.39 is 23.6 Å². The fraction of sp³-hybridized carbons (Fsp3) is 0.571. The Labute approximate surface area is 253 Å². The predicted molar refractivity (Wildman–Crippen MR) is 171 cm³/mol. The summed E-state index contributed by atoms with van der Waals surface area (Å²) < 4.78 is 11.2. The molecule has 0 saturated carbocycles. The van der Waals surface area contributed by atoms with Gasteiger partial charge in [0.15, 0.2) is 0 Å². The minimum Gasteiger partial charge on any atom is -0.422 e. The lowest BCUT2D eigenvalue weighted by Gasteiger charge is -2.36. The summed E-state index contributed by atoms with van der Waals surface area (Å²) in [5.41, 5.74) is 6.12. The van der Waals surface area contributed by atoms with E-state index in [2.05, 4.69) is 73.9 Å². The number of nitrogens with zero attached hydrogens (tertiary/aromatic N) is 3. The van der Waals surface area contributed by atoms with Crippen LogP contribution in [-0.4, -0.2) is 49.1 Å². The SMILES string of the molecule is CCCCCCCN(Cc1ccc(C(C)(C)C)cc1)C(=Nc1c(C)cc(N(C)C)cc1C)C1C(=O)OC(C)(C)OC1=O. The maximum Gasteiger partial charge on any atom is 0.331 e. The van der Waals surface area contributed by atoms with Crippen LogP contribution in [0.15, 0.2) is 41.4 Å². The molecule has 2 aromatic rings. The van der Waals surface area contributed by atoms with Crippen molar-refractivity contribution in [1.82, 2.24) is 4.90 Å². The van der Waals surface area contributed by atoms with Gasteiger partial charge in [0.25, 0.3) is 5.79 Å². The average molecular weight is 578 g/mol. The van der Waals surface area contributed by atoms with Crippen LogP contribution >= 0.6 is 0 Å². The molecule has 0 aliphatic carbocycles. The van der Waals surface area contributed by atoms with Gasteiger partial charge in [0, 0.05) is 46.7 Å². The number of anilines is 1. The first-order valence-electron chi connectivity index (χ1n) is 15.3. The second kappa shape index (κ2) is 13.7. The molecule has 7 nitrogen and oxygen atoms in total. The van der Waals surface area contributed by atoms with Gasteiger partial charge in [0.2, 0.25) is 5.92 Å². The van der Waals surface area contributed by atoms with Gasteiger partial charge in [-0.05, 0) is 60.1 Å². The third-order valence-corrected chi connectivity index (χ3v) is 7.69. The molecule has 1 saturated heterocycles. The fourth-order valence-electron chi connectivity index (χ4n) is 5.24. The first-order chi connectivity index (χ1) is 19.6. The lowest BCUT2D eigenvalue weighted by molar-refractivity contribution is -0.236. The molecular weight excluding hydrogens is 526 g/mol. The van der Waals surface area contributed by atoms with Gasteiger partial charge in [0.1, 0.15) is 5.84 Å². The Morgan fingerprint density at radius 3 is 1.95 bits per heavy atom. The summed E-state index contributed by atoms with van der Waals surface area (Å²) in [5.74, 6) is -3.47. The third-order valence-electron chi connectivity index (χ3n) is 7.69. The summed E-state index contributed by atoms with van der Waals surface area (Å²) in [6.07, 6.45) is 5.46. The molecular formula is C35H51N3O4. The predicted octanol–water partition coefficient (Wildman–Crippen LogP) is 7.62. The van der Waals surface area contributed by atoms with Gasteiger partial charge in [-0.15, -0.1) is 0 Å². The van der Waals surface area contributed by atoms with Crippen molar-refractivity contribution in [2.75, 3.05) is 25.5 Å². The standard InChI is InChI=1S/C35H51N3O4/c1-11-12-13-14-15-20-38(23-26-16-18-27(19-17-26)34(4,5)6)31(29-32(39)41-35(7,8)42-33(29)40)36-30-24(2)21-28(37(9)10)22-25(30)3/h16-19,21-22,29H,11-15,20,23H2,1-10H3. The summed E-state index contributed by atoms with van der Waals surface area (Å²) >= 11 is 0. The number of benzene rings is 2. The van der Waals surface area contributed by atoms with E-state index in [1.165, 1.54) is 12.0 Å². The highest BCUT2D eigenvalue weighted by Gasteiger charge is 2.47. The number of cyclic esters (lactones) is 2. The Kier molecular flexibility index (Phi) is 10.9. The van der Waals surface area contributed by atoms with Crippen LogP contribution in [-0.2, 0) is 31.0 Å². The van der Waals surface area contributed by atoms with Gasteiger partial charge in [-0.3, -0.25) is 9.59 Å². The Morgan fingerprint density at radius 2 is 1.45 bits per heavy atom. The van der Waals surface area contributed by atoms with E-state index in [1.54, 1.807) is 13.8 Å². The van der Waals surface area contributed by atoms with Crippen LogP contribution in [0, 0.1) is 19.8 Å². The van der Waals surface area contributed by atoms with Crippen molar-refractivity contribution in [2.24, 2.45) is 10.9 Å². The van der Waals surface area contributed by atoms with E-state index in [9.17, 15) is 9.59 Å². The number of carbonyl (C=O) groups excluding carboxylic acids is 2. The largest absolute Gasteiger partial charge is 0.422 e. The zero-order valence-electron chi connectivity index (χ0n) is 27.5. The number of hydrogen-bond donors (Lipinski definition) is 0. The molecule has 1 aliphatic heterocycles. The van der Waals surface area contributed by atoms with Crippen molar-refractivity contribution < 1.29 is 19.1 Å². The molecule has 230 valence electrons. The number of unbranched alkanes of at least 4 members (excludes halogenated alkanes) is 4. The average Bonchev–Trinajstić information content (AvgIpc) is 2.87. The zero-order chi connectivity index (χ0) is 31.2. The maximum atomic E-state index is 13.5. The number of esters is 2. The quantitative estimate of drug-likeness (QED) is 0.0899. The first kappa shape index (κ1) is 33.2. The molecule has 0 spiro atoms. The van der Waals surface area contributed by atoms with Gasteiger partial charge < -0.3 is 19.3 Å². The van der Waals surface area contributed by atoms with Gasteiger partial charge in [-0.2, -0.15) is 0 Å². The van der Waals surface area contributed by atoms with E-state index in [0.717, 1.165) is 53.7 Å². The van der Waals surface area contributed by atoms with Crippen molar-refractivity contribution in [3.8, 4) is 0 Å². The monoisotopic (exact) mass is 577 g/mol. The van der Waals surface area contributed by atoms with Crippen LogP contribution in [0.3, 0.4) is 0 Å². The summed E-state index contributed by atoms with van der Waals surface area (Å²) in [7, 11) is 4.01. The molecule has 0 unspecified atom stereocenters. The van der Waals surface area contributed by atoms with Crippen LogP contribution in [0.1, 0.15) is 95.9 Å². The molecule has 0 aromatic heterocycles. The molecule has 0 atom stereocenters.